The summed E-state index contributed by atoms with van der Waals surface area (Å²) in [5.74, 6) is 0. The first-order valence-corrected chi connectivity index (χ1v) is 5.71. The highest BCUT2D eigenvalue weighted by atomic mass is 35.5. The van der Waals surface area contributed by atoms with E-state index in [9.17, 15) is 0 Å². The number of nitrogens with two attached hydrogens (primary N) is 1. The minimum Gasteiger partial charge on any atom is -0.329 e. The molecule has 0 spiro atoms. The van der Waals surface area contributed by atoms with Crippen LogP contribution in [0, 0.1) is 11.3 Å². The molecule has 0 unspecified atom stereocenters. The van der Waals surface area contributed by atoms with Gasteiger partial charge in [-0.3, -0.25) is 4.42 Å². The van der Waals surface area contributed by atoms with Crippen molar-refractivity contribution >= 4 is 52.3 Å². The molecule has 1 rings (SSSR count). The molecule has 0 fully saturated rings. The molecule has 86 valence electrons. The second-order valence-electron chi connectivity index (χ2n) is 2.87. The second kappa shape index (κ2) is 5.81. The first kappa shape index (κ1) is 13.7. The first-order chi connectivity index (χ1) is 7.52. The molecule has 0 saturated heterocycles. The summed E-state index contributed by atoms with van der Waals surface area (Å²) in [5.41, 5.74) is 5.99. The highest BCUT2D eigenvalue weighted by Crippen LogP contribution is 2.40. The van der Waals surface area contributed by atoms with Crippen molar-refractivity contribution in [1.29, 1.82) is 5.26 Å². The van der Waals surface area contributed by atoms with Crippen LogP contribution in [0.3, 0.4) is 0 Å². The van der Waals surface area contributed by atoms with Crippen molar-refractivity contribution < 1.29 is 0 Å². The number of benzene rings is 1. The van der Waals surface area contributed by atoms with Crippen LogP contribution in [0.2, 0.25) is 15.1 Å². The molecule has 2 N–H and O–H groups in total. The van der Waals surface area contributed by atoms with Gasteiger partial charge in [0.2, 0.25) is 0 Å². The van der Waals surface area contributed by atoms with Crippen molar-refractivity contribution in [2.24, 2.45) is 5.73 Å². The standard InChI is InChI=1S/C9H7Cl4N3/c10-7-5(4-15)3-6(8(11)9(7)12)16(13)2-1-14/h3H,1-2,14H2. The predicted molar refractivity (Wildman–Crippen MR) is 68.4 cm³/mol. The molecule has 0 radical (unpaired) electrons. The minimum atomic E-state index is 0.111. The molecule has 0 heterocycles. The van der Waals surface area contributed by atoms with E-state index in [1.807, 2.05) is 6.07 Å². The minimum absolute atomic E-state index is 0.111. The molecule has 0 aliphatic carbocycles. The molecule has 0 atom stereocenters. The van der Waals surface area contributed by atoms with Crippen molar-refractivity contribution in [1.82, 2.24) is 0 Å². The second-order valence-corrected chi connectivity index (χ2v) is 4.41. The van der Waals surface area contributed by atoms with E-state index in [4.69, 9.17) is 57.6 Å². The third-order valence-electron chi connectivity index (χ3n) is 1.84. The van der Waals surface area contributed by atoms with Crippen LogP contribution < -0.4 is 10.2 Å². The molecule has 16 heavy (non-hydrogen) atoms. The van der Waals surface area contributed by atoms with Crippen molar-refractivity contribution in [3.05, 3.63) is 26.7 Å². The van der Waals surface area contributed by atoms with Crippen molar-refractivity contribution in [3.63, 3.8) is 0 Å². The monoisotopic (exact) mass is 297 g/mol. The summed E-state index contributed by atoms with van der Waals surface area (Å²) in [6.45, 7) is 0.728. The molecule has 0 aliphatic heterocycles. The number of nitriles is 1. The van der Waals surface area contributed by atoms with Crippen LogP contribution in [0.4, 0.5) is 5.69 Å². The summed E-state index contributed by atoms with van der Waals surface area (Å²) in [6.07, 6.45) is 0. The Morgan fingerprint density at radius 3 is 2.38 bits per heavy atom. The maximum Gasteiger partial charge on any atom is 0.101 e. The van der Waals surface area contributed by atoms with Crippen LogP contribution in [0.5, 0.6) is 0 Å². The van der Waals surface area contributed by atoms with Gasteiger partial charge in [-0.05, 0) is 6.07 Å². The molecule has 0 aromatic heterocycles. The zero-order chi connectivity index (χ0) is 12.3. The Labute approximate surface area is 113 Å². The number of nitrogens with zero attached hydrogens (tertiary/aromatic N) is 2. The molecular formula is C9H7Cl4N3. The third-order valence-corrected chi connectivity index (χ3v) is 3.53. The van der Waals surface area contributed by atoms with E-state index >= 15 is 0 Å². The molecule has 0 aliphatic rings. The van der Waals surface area contributed by atoms with Gasteiger partial charge in [0.15, 0.2) is 0 Å². The summed E-state index contributed by atoms with van der Waals surface area (Å²) in [4.78, 5) is 0. The predicted octanol–water partition coefficient (Wildman–Crippen LogP) is 3.44. The van der Waals surface area contributed by atoms with E-state index < -0.39 is 0 Å². The van der Waals surface area contributed by atoms with Gasteiger partial charge >= 0.3 is 0 Å². The molecule has 1 aromatic carbocycles. The van der Waals surface area contributed by atoms with E-state index in [-0.39, 0.29) is 20.6 Å². The third kappa shape index (κ3) is 2.65. The maximum absolute atomic E-state index is 8.85. The number of hydrogen-bond acceptors (Lipinski definition) is 3. The molecular weight excluding hydrogens is 292 g/mol. The lowest BCUT2D eigenvalue weighted by atomic mass is 10.2. The molecule has 3 nitrogen and oxygen atoms in total. The van der Waals surface area contributed by atoms with E-state index in [0.29, 0.717) is 18.8 Å². The maximum atomic E-state index is 8.85. The van der Waals surface area contributed by atoms with E-state index in [2.05, 4.69) is 0 Å². The van der Waals surface area contributed by atoms with Crippen molar-refractivity contribution in [2.45, 2.75) is 0 Å². The van der Waals surface area contributed by atoms with Crippen molar-refractivity contribution in [3.8, 4) is 6.07 Å². The summed E-state index contributed by atoms with van der Waals surface area (Å²) in [6, 6.07) is 3.38. The van der Waals surface area contributed by atoms with Crippen LogP contribution in [0.15, 0.2) is 6.07 Å². The average Bonchev–Trinajstić information content (AvgIpc) is 2.27. The van der Waals surface area contributed by atoms with Crippen LogP contribution in [-0.4, -0.2) is 13.1 Å². The summed E-state index contributed by atoms with van der Waals surface area (Å²) >= 11 is 23.6. The van der Waals surface area contributed by atoms with Crippen LogP contribution in [0.25, 0.3) is 0 Å². The molecule has 1 aromatic rings. The Hall–Kier alpha value is -0.370. The largest absolute Gasteiger partial charge is 0.329 e. The van der Waals surface area contributed by atoms with Gasteiger partial charge in [0.05, 0.1) is 26.3 Å². The first-order valence-electron chi connectivity index (χ1n) is 4.24. The normalized spacial score (nSPS) is 10.0. The van der Waals surface area contributed by atoms with Crippen LogP contribution in [0.1, 0.15) is 5.56 Å². The topological polar surface area (TPSA) is 53.0 Å². The van der Waals surface area contributed by atoms with Crippen molar-refractivity contribution in [2.75, 3.05) is 17.5 Å². The summed E-state index contributed by atoms with van der Waals surface area (Å²) in [7, 11) is 0. The van der Waals surface area contributed by atoms with Gasteiger partial charge in [0, 0.05) is 24.9 Å². The molecule has 7 heteroatoms. The smallest absolute Gasteiger partial charge is 0.101 e. The fourth-order valence-electron chi connectivity index (χ4n) is 1.08. The summed E-state index contributed by atoms with van der Waals surface area (Å²) < 4.78 is 1.30. The molecule has 0 amide bonds. The Morgan fingerprint density at radius 1 is 1.25 bits per heavy atom. The lowest BCUT2D eigenvalue weighted by Gasteiger charge is -2.17. The Morgan fingerprint density at radius 2 is 1.88 bits per heavy atom. The fraction of sp³-hybridized carbons (Fsp3) is 0.222. The quantitative estimate of drug-likeness (QED) is 0.687. The average molecular weight is 299 g/mol. The van der Waals surface area contributed by atoms with E-state index in [1.165, 1.54) is 10.5 Å². The highest BCUT2D eigenvalue weighted by molar-refractivity contribution is 6.50. The van der Waals surface area contributed by atoms with Gasteiger partial charge in [0.1, 0.15) is 6.07 Å². The number of anilines is 1. The lowest BCUT2D eigenvalue weighted by molar-refractivity contribution is 0.965. The van der Waals surface area contributed by atoms with Gasteiger partial charge in [-0.15, -0.1) is 0 Å². The van der Waals surface area contributed by atoms with Gasteiger partial charge in [-0.1, -0.05) is 34.8 Å². The Balaban J connectivity index is 3.31. The van der Waals surface area contributed by atoms with Gasteiger partial charge in [-0.2, -0.15) is 5.26 Å². The van der Waals surface area contributed by atoms with Gasteiger partial charge in [-0.25, -0.2) is 0 Å². The van der Waals surface area contributed by atoms with E-state index in [0.717, 1.165) is 0 Å². The molecule has 0 saturated carbocycles. The van der Waals surface area contributed by atoms with Crippen LogP contribution in [-0.2, 0) is 0 Å². The van der Waals surface area contributed by atoms with Gasteiger partial charge < -0.3 is 5.73 Å². The zero-order valence-corrected chi connectivity index (χ0v) is 11.0. The van der Waals surface area contributed by atoms with E-state index in [1.54, 1.807) is 0 Å². The SMILES string of the molecule is N#Cc1cc(N(Cl)CCN)c(Cl)c(Cl)c1Cl. The summed E-state index contributed by atoms with van der Waals surface area (Å²) in [5, 5.41) is 9.28. The Bertz CT molecular complexity index is 441. The number of rotatable bonds is 3. The number of hydrogen-bond donors (Lipinski definition) is 1. The fourth-order valence-corrected chi connectivity index (χ4v) is 2.05. The zero-order valence-electron chi connectivity index (χ0n) is 7.98. The number of halogens is 4. The van der Waals surface area contributed by atoms with Gasteiger partial charge in [0.25, 0.3) is 0 Å². The molecule has 0 bridgehead atoms. The Kier molecular flexibility index (Phi) is 4.97. The highest BCUT2D eigenvalue weighted by Gasteiger charge is 2.17. The lowest BCUT2D eigenvalue weighted by Crippen LogP contribution is -2.20. The van der Waals surface area contributed by atoms with Crippen LogP contribution >= 0.6 is 46.6 Å².